The monoisotopic (exact) mass is 299 g/mol. The summed E-state index contributed by atoms with van der Waals surface area (Å²) in [6, 6.07) is 3.94. The second-order valence-corrected chi connectivity index (χ2v) is 6.19. The number of hydrogen-bond acceptors (Lipinski definition) is 6. The van der Waals surface area contributed by atoms with Gasteiger partial charge in [-0.1, -0.05) is 0 Å². The molecule has 0 aromatic carbocycles. The zero-order valence-corrected chi connectivity index (χ0v) is 12.5. The van der Waals surface area contributed by atoms with Crippen LogP contribution in [0.25, 0.3) is 0 Å². The van der Waals surface area contributed by atoms with Crippen molar-refractivity contribution < 1.29 is 0 Å². The molecule has 2 aromatic rings. The van der Waals surface area contributed by atoms with E-state index in [1.54, 1.807) is 6.20 Å². The lowest BCUT2D eigenvalue weighted by Crippen LogP contribution is -2.24. The summed E-state index contributed by atoms with van der Waals surface area (Å²) in [5, 5.41) is 10.6. The molecule has 7 heteroatoms. The molecule has 4 N–H and O–H groups in total. The smallest absolute Gasteiger partial charge is 0.227 e. The molecule has 0 unspecified atom stereocenters. The number of rotatable bonds is 5. The third-order valence-electron chi connectivity index (χ3n) is 4.42. The molecular weight excluding hydrogens is 278 g/mol. The molecule has 0 bridgehead atoms. The normalized spacial score (nSPS) is 21.3. The molecule has 0 spiro atoms. The van der Waals surface area contributed by atoms with Crippen LogP contribution in [0.4, 0.5) is 17.6 Å². The largest absolute Gasteiger partial charge is 0.340 e. The number of nitrogens with two attached hydrogens (primary N) is 1. The first-order valence-electron chi connectivity index (χ1n) is 7.92. The van der Waals surface area contributed by atoms with E-state index in [2.05, 4.69) is 36.4 Å². The number of H-pyrrole nitrogens is 1. The molecule has 0 radical (unpaired) electrons. The van der Waals surface area contributed by atoms with Gasteiger partial charge in [0.2, 0.25) is 5.95 Å². The minimum Gasteiger partial charge on any atom is -0.340 e. The van der Waals surface area contributed by atoms with Gasteiger partial charge in [-0.2, -0.15) is 10.1 Å². The summed E-state index contributed by atoms with van der Waals surface area (Å²) in [4.78, 5) is 11.2. The van der Waals surface area contributed by atoms with Crippen LogP contribution in [-0.4, -0.2) is 39.8 Å². The highest BCUT2D eigenvalue weighted by atomic mass is 15.3. The Labute approximate surface area is 129 Å². The molecule has 1 saturated carbocycles. The predicted octanol–water partition coefficient (Wildman–Crippen LogP) is 1.61. The first-order valence-corrected chi connectivity index (χ1v) is 7.92. The molecule has 2 aromatic heterocycles. The van der Waals surface area contributed by atoms with Crippen molar-refractivity contribution in [2.24, 2.45) is 11.7 Å². The topological polar surface area (TPSA) is 95.8 Å². The highest BCUT2D eigenvalue weighted by Gasteiger charge is 2.26. The van der Waals surface area contributed by atoms with E-state index in [4.69, 9.17) is 5.73 Å². The molecule has 1 aliphatic heterocycles. The summed E-state index contributed by atoms with van der Waals surface area (Å²) >= 11 is 0. The summed E-state index contributed by atoms with van der Waals surface area (Å²) in [5.74, 6) is 3.57. The van der Waals surface area contributed by atoms with Gasteiger partial charge in [-0.05, 0) is 37.8 Å². The summed E-state index contributed by atoms with van der Waals surface area (Å²) in [6.45, 7) is 2.64. The van der Waals surface area contributed by atoms with Crippen molar-refractivity contribution in [3.8, 4) is 0 Å². The summed E-state index contributed by atoms with van der Waals surface area (Å²) in [5.41, 5.74) is 6.96. The van der Waals surface area contributed by atoms with E-state index in [1.165, 1.54) is 18.5 Å². The lowest BCUT2D eigenvalue weighted by atomic mass is 10.1. The van der Waals surface area contributed by atoms with E-state index >= 15 is 0 Å². The van der Waals surface area contributed by atoms with Crippen molar-refractivity contribution in [1.29, 1.82) is 0 Å². The van der Waals surface area contributed by atoms with E-state index in [0.29, 0.717) is 11.8 Å². The van der Waals surface area contributed by atoms with Gasteiger partial charge in [0.05, 0.1) is 0 Å². The highest BCUT2D eigenvalue weighted by Crippen LogP contribution is 2.39. The maximum atomic E-state index is 5.75. The van der Waals surface area contributed by atoms with Gasteiger partial charge in [-0.25, -0.2) is 4.98 Å². The Bertz CT molecular complexity index is 649. The molecule has 1 aliphatic carbocycles. The molecule has 7 nitrogen and oxygen atoms in total. The van der Waals surface area contributed by atoms with Gasteiger partial charge >= 0.3 is 0 Å². The Morgan fingerprint density at radius 3 is 3.00 bits per heavy atom. The lowest BCUT2D eigenvalue weighted by molar-refractivity contribution is 0.602. The number of hydrogen-bond donors (Lipinski definition) is 3. The summed E-state index contributed by atoms with van der Waals surface area (Å²) in [6.07, 6.45) is 5.42. The van der Waals surface area contributed by atoms with E-state index in [-0.39, 0.29) is 0 Å². The summed E-state index contributed by atoms with van der Waals surface area (Å²) < 4.78 is 0. The van der Waals surface area contributed by atoms with Crippen LogP contribution in [0.15, 0.2) is 18.3 Å². The van der Waals surface area contributed by atoms with Crippen molar-refractivity contribution in [2.45, 2.75) is 25.2 Å². The Hall–Kier alpha value is -2.15. The van der Waals surface area contributed by atoms with E-state index < -0.39 is 0 Å². The van der Waals surface area contributed by atoms with Crippen LogP contribution < -0.4 is 16.0 Å². The molecule has 22 heavy (non-hydrogen) atoms. The SMILES string of the molecule is NC[C@@H]1CCN(c2nccc(Nc3cc(C4CC4)[nH]n3)n2)C1. The number of nitrogens with zero attached hydrogens (tertiary/aromatic N) is 4. The second kappa shape index (κ2) is 5.57. The van der Waals surface area contributed by atoms with E-state index in [9.17, 15) is 0 Å². The Balaban J connectivity index is 1.46. The van der Waals surface area contributed by atoms with Gasteiger partial charge in [0, 0.05) is 37.0 Å². The molecule has 4 rings (SSSR count). The maximum absolute atomic E-state index is 5.75. The molecule has 0 amide bonds. The van der Waals surface area contributed by atoms with Gasteiger partial charge in [-0.3, -0.25) is 5.10 Å². The fourth-order valence-corrected chi connectivity index (χ4v) is 2.91. The minimum atomic E-state index is 0.549. The third-order valence-corrected chi connectivity index (χ3v) is 4.42. The highest BCUT2D eigenvalue weighted by molar-refractivity contribution is 5.53. The molecule has 2 fully saturated rings. The van der Waals surface area contributed by atoms with Crippen molar-refractivity contribution in [3.63, 3.8) is 0 Å². The molecule has 3 heterocycles. The van der Waals surface area contributed by atoms with E-state index in [1.807, 2.05) is 6.07 Å². The lowest BCUT2D eigenvalue weighted by Gasteiger charge is -2.16. The maximum Gasteiger partial charge on any atom is 0.227 e. The predicted molar refractivity (Wildman–Crippen MR) is 85.3 cm³/mol. The van der Waals surface area contributed by atoms with E-state index in [0.717, 1.165) is 43.6 Å². The van der Waals surface area contributed by atoms with Crippen LogP contribution in [0.2, 0.25) is 0 Å². The number of aromatic amines is 1. The minimum absolute atomic E-state index is 0.549. The molecule has 1 saturated heterocycles. The van der Waals surface area contributed by atoms with Gasteiger partial charge in [0.25, 0.3) is 0 Å². The Kier molecular flexibility index (Phi) is 3.42. The summed E-state index contributed by atoms with van der Waals surface area (Å²) in [7, 11) is 0. The van der Waals surface area contributed by atoms with Crippen molar-refractivity contribution >= 4 is 17.6 Å². The van der Waals surface area contributed by atoms with Crippen molar-refractivity contribution in [2.75, 3.05) is 29.9 Å². The molecule has 2 aliphatic rings. The van der Waals surface area contributed by atoms with Gasteiger partial charge in [-0.15, -0.1) is 0 Å². The fourth-order valence-electron chi connectivity index (χ4n) is 2.91. The first kappa shape index (κ1) is 13.5. The van der Waals surface area contributed by atoms with Gasteiger partial charge in [0.1, 0.15) is 5.82 Å². The average Bonchev–Trinajstić information content (AvgIpc) is 3.10. The van der Waals surface area contributed by atoms with Crippen LogP contribution in [0.1, 0.15) is 30.9 Å². The van der Waals surface area contributed by atoms with Crippen LogP contribution in [0.3, 0.4) is 0 Å². The number of anilines is 3. The quantitative estimate of drug-likeness (QED) is 0.776. The molecule has 116 valence electrons. The number of nitrogens with one attached hydrogen (secondary N) is 2. The van der Waals surface area contributed by atoms with Crippen LogP contribution in [-0.2, 0) is 0 Å². The van der Waals surface area contributed by atoms with Gasteiger partial charge in [0.15, 0.2) is 5.82 Å². The van der Waals surface area contributed by atoms with Crippen molar-refractivity contribution in [3.05, 3.63) is 24.0 Å². The fraction of sp³-hybridized carbons (Fsp3) is 0.533. The van der Waals surface area contributed by atoms with Crippen molar-refractivity contribution in [1.82, 2.24) is 20.2 Å². The zero-order chi connectivity index (χ0) is 14.9. The molecular formula is C15H21N7. The second-order valence-electron chi connectivity index (χ2n) is 6.19. The molecule has 1 atom stereocenters. The van der Waals surface area contributed by atoms with Crippen LogP contribution >= 0.6 is 0 Å². The van der Waals surface area contributed by atoms with Crippen LogP contribution in [0.5, 0.6) is 0 Å². The van der Waals surface area contributed by atoms with Crippen LogP contribution in [0, 0.1) is 5.92 Å². The standard InChI is InChI=1S/C15H21N7/c16-8-10-4-6-22(9-10)15-17-5-3-13(19-15)18-14-7-12(20-21-14)11-1-2-11/h3,5,7,10-11H,1-2,4,6,8-9,16H2,(H2,17,18,19,20,21)/t10-/m0/s1. The third kappa shape index (κ3) is 2.76. The zero-order valence-electron chi connectivity index (χ0n) is 12.5. The average molecular weight is 299 g/mol. The number of aromatic nitrogens is 4. The Morgan fingerprint density at radius 2 is 2.23 bits per heavy atom. The van der Waals surface area contributed by atoms with Gasteiger partial charge < -0.3 is 16.0 Å². The first-order chi connectivity index (χ1) is 10.8. The Morgan fingerprint density at radius 1 is 1.32 bits per heavy atom.